The standard InChI is InChI=1S/C15H18N6O2/c1-10-13-18-12(14(22)19(2)3)9-20(13)6-7-21(10)15(23)11-8-16-4-5-17-11/h4-5,8-10H,6-7H2,1-3H3/t10-/m1/s1. The van der Waals surface area contributed by atoms with Gasteiger partial charge in [0.1, 0.15) is 17.2 Å². The Labute approximate surface area is 133 Å². The molecule has 1 aliphatic heterocycles. The molecule has 0 bridgehead atoms. The fraction of sp³-hybridized carbons (Fsp3) is 0.400. The van der Waals surface area contributed by atoms with Crippen LogP contribution in [0, 0.1) is 0 Å². The Hall–Kier alpha value is -2.77. The summed E-state index contributed by atoms with van der Waals surface area (Å²) < 4.78 is 1.93. The van der Waals surface area contributed by atoms with Crippen LogP contribution in [0.3, 0.4) is 0 Å². The summed E-state index contributed by atoms with van der Waals surface area (Å²) in [6.45, 7) is 3.03. The van der Waals surface area contributed by atoms with Gasteiger partial charge < -0.3 is 14.4 Å². The number of hydrogen-bond acceptors (Lipinski definition) is 5. The van der Waals surface area contributed by atoms with Crippen LogP contribution in [0.2, 0.25) is 0 Å². The predicted molar refractivity (Wildman–Crippen MR) is 81.7 cm³/mol. The van der Waals surface area contributed by atoms with Crippen molar-refractivity contribution in [3.8, 4) is 0 Å². The molecule has 0 aliphatic carbocycles. The van der Waals surface area contributed by atoms with Crippen LogP contribution in [0.1, 0.15) is 39.8 Å². The van der Waals surface area contributed by atoms with Crippen LogP contribution in [0.5, 0.6) is 0 Å². The molecule has 23 heavy (non-hydrogen) atoms. The first-order valence-corrected chi connectivity index (χ1v) is 7.34. The fourth-order valence-corrected chi connectivity index (χ4v) is 2.66. The van der Waals surface area contributed by atoms with Crippen molar-refractivity contribution >= 4 is 11.8 Å². The predicted octanol–water partition coefficient (Wildman–Crippen LogP) is 0.592. The van der Waals surface area contributed by atoms with Gasteiger partial charge in [-0.1, -0.05) is 0 Å². The quantitative estimate of drug-likeness (QED) is 0.810. The molecule has 1 atom stereocenters. The van der Waals surface area contributed by atoms with Crippen LogP contribution in [0.25, 0.3) is 0 Å². The average molecular weight is 314 g/mol. The number of fused-ring (bicyclic) bond motifs is 1. The van der Waals surface area contributed by atoms with Gasteiger partial charge in [0.05, 0.1) is 12.2 Å². The van der Waals surface area contributed by atoms with Crippen molar-refractivity contribution in [3.63, 3.8) is 0 Å². The van der Waals surface area contributed by atoms with E-state index in [0.29, 0.717) is 30.3 Å². The first-order valence-electron chi connectivity index (χ1n) is 7.34. The van der Waals surface area contributed by atoms with Crippen LogP contribution in [0.4, 0.5) is 0 Å². The van der Waals surface area contributed by atoms with Gasteiger partial charge in [-0.15, -0.1) is 0 Å². The van der Waals surface area contributed by atoms with Crippen LogP contribution >= 0.6 is 0 Å². The number of carbonyl (C=O) groups is 2. The molecule has 2 aromatic rings. The summed E-state index contributed by atoms with van der Waals surface area (Å²) in [5.74, 6) is 0.380. The molecule has 0 radical (unpaired) electrons. The highest BCUT2D eigenvalue weighted by molar-refractivity contribution is 5.93. The fourth-order valence-electron chi connectivity index (χ4n) is 2.66. The minimum atomic E-state index is -0.234. The van der Waals surface area contributed by atoms with Crippen LogP contribution in [0.15, 0.2) is 24.8 Å². The molecule has 3 rings (SSSR count). The highest BCUT2D eigenvalue weighted by atomic mass is 16.2. The van der Waals surface area contributed by atoms with Gasteiger partial charge in [-0.25, -0.2) is 9.97 Å². The van der Waals surface area contributed by atoms with E-state index in [4.69, 9.17) is 0 Å². The van der Waals surface area contributed by atoms with E-state index in [1.54, 1.807) is 25.2 Å². The minimum Gasteiger partial charge on any atom is -0.343 e. The molecule has 0 spiro atoms. The molecule has 8 nitrogen and oxygen atoms in total. The maximum absolute atomic E-state index is 12.6. The maximum atomic E-state index is 12.6. The van der Waals surface area contributed by atoms with E-state index < -0.39 is 0 Å². The summed E-state index contributed by atoms with van der Waals surface area (Å²) in [5.41, 5.74) is 0.703. The molecular formula is C15H18N6O2. The second-order valence-corrected chi connectivity index (χ2v) is 5.64. The van der Waals surface area contributed by atoms with Crippen molar-refractivity contribution in [2.24, 2.45) is 0 Å². The van der Waals surface area contributed by atoms with Gasteiger partial charge >= 0.3 is 0 Å². The SMILES string of the molecule is C[C@@H]1c2nc(C(=O)N(C)C)cn2CCN1C(=O)c1cnccn1. The lowest BCUT2D eigenvalue weighted by Gasteiger charge is -2.33. The zero-order valence-corrected chi connectivity index (χ0v) is 13.3. The lowest BCUT2D eigenvalue weighted by Crippen LogP contribution is -2.41. The third-order valence-corrected chi connectivity index (χ3v) is 3.90. The number of hydrogen-bond donors (Lipinski definition) is 0. The van der Waals surface area contributed by atoms with Crippen molar-refractivity contribution in [3.05, 3.63) is 42.0 Å². The van der Waals surface area contributed by atoms with Gasteiger partial charge in [0.2, 0.25) is 0 Å². The second-order valence-electron chi connectivity index (χ2n) is 5.64. The summed E-state index contributed by atoms with van der Waals surface area (Å²) in [4.78, 5) is 40.2. The third-order valence-electron chi connectivity index (χ3n) is 3.90. The second kappa shape index (κ2) is 5.79. The Bertz CT molecular complexity index is 740. The van der Waals surface area contributed by atoms with Crippen LogP contribution in [-0.4, -0.2) is 61.8 Å². The molecule has 3 heterocycles. The maximum Gasteiger partial charge on any atom is 0.274 e. The summed E-state index contributed by atoms with van der Waals surface area (Å²) in [6, 6.07) is -0.234. The lowest BCUT2D eigenvalue weighted by molar-refractivity contribution is 0.0631. The topological polar surface area (TPSA) is 84.2 Å². The first kappa shape index (κ1) is 15.1. The largest absolute Gasteiger partial charge is 0.343 e. The van der Waals surface area contributed by atoms with Crippen molar-refractivity contribution in [2.45, 2.75) is 19.5 Å². The van der Waals surface area contributed by atoms with E-state index >= 15 is 0 Å². The zero-order valence-electron chi connectivity index (χ0n) is 13.3. The van der Waals surface area contributed by atoms with E-state index in [9.17, 15) is 9.59 Å². The zero-order chi connectivity index (χ0) is 16.6. The summed E-state index contributed by atoms with van der Waals surface area (Å²) in [7, 11) is 3.38. The molecule has 2 amide bonds. The molecular weight excluding hydrogens is 296 g/mol. The molecule has 0 N–H and O–H groups in total. The number of carbonyl (C=O) groups excluding carboxylic acids is 2. The Balaban J connectivity index is 1.87. The smallest absolute Gasteiger partial charge is 0.274 e. The van der Waals surface area contributed by atoms with E-state index in [-0.39, 0.29) is 17.9 Å². The lowest BCUT2D eigenvalue weighted by atomic mass is 10.2. The molecule has 120 valence electrons. The average Bonchev–Trinajstić information content (AvgIpc) is 2.99. The van der Waals surface area contributed by atoms with E-state index in [1.807, 2.05) is 11.5 Å². The highest BCUT2D eigenvalue weighted by Gasteiger charge is 2.31. The number of nitrogens with zero attached hydrogens (tertiary/aromatic N) is 6. The van der Waals surface area contributed by atoms with Gasteiger partial charge in [-0.05, 0) is 6.92 Å². The number of amides is 2. The Morgan fingerprint density at radius 2 is 2.00 bits per heavy atom. The monoisotopic (exact) mass is 314 g/mol. The Morgan fingerprint density at radius 1 is 1.22 bits per heavy atom. The molecule has 0 fully saturated rings. The van der Waals surface area contributed by atoms with Crippen LogP contribution in [-0.2, 0) is 6.54 Å². The van der Waals surface area contributed by atoms with Gasteiger partial charge in [0.25, 0.3) is 11.8 Å². The van der Waals surface area contributed by atoms with E-state index in [2.05, 4.69) is 15.0 Å². The van der Waals surface area contributed by atoms with E-state index in [0.717, 1.165) is 0 Å². The van der Waals surface area contributed by atoms with Crippen LogP contribution < -0.4 is 0 Å². The van der Waals surface area contributed by atoms with Crippen molar-refractivity contribution in [1.29, 1.82) is 0 Å². The molecule has 8 heteroatoms. The van der Waals surface area contributed by atoms with Crippen molar-refractivity contribution in [2.75, 3.05) is 20.6 Å². The molecule has 0 saturated carbocycles. The highest BCUT2D eigenvalue weighted by Crippen LogP contribution is 2.26. The van der Waals surface area contributed by atoms with Gasteiger partial charge in [-0.3, -0.25) is 14.6 Å². The number of rotatable bonds is 2. The molecule has 0 aromatic carbocycles. The molecule has 1 aliphatic rings. The summed E-state index contributed by atoms with van der Waals surface area (Å²) in [6.07, 6.45) is 6.23. The minimum absolute atomic E-state index is 0.147. The summed E-state index contributed by atoms with van der Waals surface area (Å²) >= 11 is 0. The molecule has 0 unspecified atom stereocenters. The molecule has 2 aromatic heterocycles. The Morgan fingerprint density at radius 3 is 2.65 bits per heavy atom. The van der Waals surface area contributed by atoms with Crippen molar-refractivity contribution < 1.29 is 9.59 Å². The Kier molecular flexibility index (Phi) is 3.81. The third kappa shape index (κ3) is 2.67. The van der Waals surface area contributed by atoms with Gasteiger partial charge in [-0.2, -0.15) is 0 Å². The van der Waals surface area contributed by atoms with Gasteiger partial charge in [0.15, 0.2) is 0 Å². The first-order chi connectivity index (χ1) is 11.0. The molecule has 0 saturated heterocycles. The summed E-state index contributed by atoms with van der Waals surface area (Å²) in [5, 5.41) is 0. The number of imidazole rings is 1. The van der Waals surface area contributed by atoms with Gasteiger partial charge in [0, 0.05) is 45.8 Å². The normalized spacial score (nSPS) is 16.8. The number of aromatic nitrogens is 4. The van der Waals surface area contributed by atoms with E-state index in [1.165, 1.54) is 23.5 Å². The van der Waals surface area contributed by atoms with Crippen molar-refractivity contribution in [1.82, 2.24) is 29.3 Å².